The van der Waals surface area contributed by atoms with Crippen LogP contribution in [-0.4, -0.2) is 31.7 Å². The van der Waals surface area contributed by atoms with Crippen molar-refractivity contribution in [2.75, 3.05) is 18.4 Å². The summed E-state index contributed by atoms with van der Waals surface area (Å²) in [5.74, 6) is -0.106. The fourth-order valence-corrected chi connectivity index (χ4v) is 4.62. The quantitative estimate of drug-likeness (QED) is 0.756. The molecule has 7 heteroatoms. The maximum atomic E-state index is 12.6. The van der Waals surface area contributed by atoms with Crippen LogP contribution in [0.15, 0.2) is 23.1 Å². The SMILES string of the molecule is CCCCCC(=O)Nc1ccc(Cl)c(S(=O)(=O)N2CCCC2)c1. The Morgan fingerprint density at radius 1 is 1.26 bits per heavy atom. The third kappa shape index (κ3) is 4.68. The Kier molecular flexibility index (Phi) is 6.44. The van der Waals surface area contributed by atoms with Gasteiger partial charge in [0, 0.05) is 25.2 Å². The summed E-state index contributed by atoms with van der Waals surface area (Å²) in [5.41, 5.74) is 0.466. The van der Waals surface area contributed by atoms with Crippen LogP contribution in [-0.2, 0) is 14.8 Å². The molecule has 23 heavy (non-hydrogen) atoms. The second-order valence-electron chi connectivity index (χ2n) is 5.76. The highest BCUT2D eigenvalue weighted by molar-refractivity contribution is 7.89. The van der Waals surface area contributed by atoms with Gasteiger partial charge in [-0.1, -0.05) is 31.4 Å². The van der Waals surface area contributed by atoms with Crippen LogP contribution in [0.2, 0.25) is 5.02 Å². The van der Waals surface area contributed by atoms with Crippen molar-refractivity contribution in [2.24, 2.45) is 0 Å². The van der Waals surface area contributed by atoms with Gasteiger partial charge in [0.1, 0.15) is 4.90 Å². The van der Waals surface area contributed by atoms with Crippen LogP contribution in [0.25, 0.3) is 0 Å². The van der Waals surface area contributed by atoms with Gasteiger partial charge in [-0.2, -0.15) is 4.31 Å². The minimum absolute atomic E-state index is 0.0624. The average molecular weight is 359 g/mol. The lowest BCUT2D eigenvalue weighted by atomic mass is 10.2. The van der Waals surface area contributed by atoms with E-state index in [1.807, 2.05) is 0 Å². The number of hydrogen-bond donors (Lipinski definition) is 1. The number of nitrogens with one attached hydrogen (secondary N) is 1. The number of rotatable bonds is 7. The molecule has 2 rings (SSSR count). The highest BCUT2D eigenvalue weighted by atomic mass is 35.5. The van der Waals surface area contributed by atoms with Crippen LogP contribution >= 0.6 is 11.6 Å². The fraction of sp³-hybridized carbons (Fsp3) is 0.562. The molecule has 0 aromatic heterocycles. The molecule has 1 aliphatic heterocycles. The number of anilines is 1. The zero-order chi connectivity index (χ0) is 16.9. The van der Waals surface area contributed by atoms with Gasteiger partial charge < -0.3 is 5.32 Å². The van der Waals surface area contributed by atoms with Crippen molar-refractivity contribution in [3.8, 4) is 0 Å². The van der Waals surface area contributed by atoms with Gasteiger partial charge in [0.25, 0.3) is 0 Å². The number of carbonyl (C=O) groups is 1. The lowest BCUT2D eigenvalue weighted by Gasteiger charge is -2.17. The topological polar surface area (TPSA) is 66.5 Å². The van der Waals surface area contributed by atoms with Crippen LogP contribution in [0.1, 0.15) is 45.4 Å². The van der Waals surface area contributed by atoms with E-state index in [2.05, 4.69) is 12.2 Å². The van der Waals surface area contributed by atoms with Crippen LogP contribution in [0.5, 0.6) is 0 Å². The van der Waals surface area contributed by atoms with Crippen molar-refractivity contribution in [1.82, 2.24) is 4.31 Å². The van der Waals surface area contributed by atoms with Gasteiger partial charge in [0.15, 0.2) is 0 Å². The van der Waals surface area contributed by atoms with E-state index in [9.17, 15) is 13.2 Å². The molecule has 1 N–H and O–H groups in total. The number of halogens is 1. The van der Waals surface area contributed by atoms with Gasteiger partial charge in [0.2, 0.25) is 15.9 Å². The van der Waals surface area contributed by atoms with Gasteiger partial charge in [0.05, 0.1) is 5.02 Å². The first kappa shape index (κ1) is 18.2. The van der Waals surface area contributed by atoms with Crippen LogP contribution < -0.4 is 5.32 Å². The Balaban J connectivity index is 2.14. The first-order valence-corrected chi connectivity index (χ1v) is 9.86. The number of amides is 1. The Labute approximate surface area is 143 Å². The lowest BCUT2D eigenvalue weighted by molar-refractivity contribution is -0.116. The molecule has 1 saturated heterocycles. The maximum absolute atomic E-state index is 12.6. The normalized spacial score (nSPS) is 15.7. The van der Waals surface area contributed by atoms with Gasteiger partial charge in [-0.25, -0.2) is 8.42 Å². The van der Waals surface area contributed by atoms with E-state index in [4.69, 9.17) is 11.6 Å². The largest absolute Gasteiger partial charge is 0.326 e. The number of hydrogen-bond acceptors (Lipinski definition) is 3. The predicted octanol–water partition coefficient (Wildman–Crippen LogP) is 3.64. The number of sulfonamides is 1. The fourth-order valence-electron chi connectivity index (χ4n) is 2.61. The Morgan fingerprint density at radius 2 is 1.96 bits per heavy atom. The van der Waals surface area contributed by atoms with Gasteiger partial charge in [-0.15, -0.1) is 0 Å². The number of carbonyl (C=O) groups excluding carboxylic acids is 1. The van der Waals surface area contributed by atoms with E-state index in [-0.39, 0.29) is 15.8 Å². The molecule has 5 nitrogen and oxygen atoms in total. The molecule has 1 aliphatic rings. The molecule has 1 fully saturated rings. The van der Waals surface area contributed by atoms with Crippen LogP contribution in [0.4, 0.5) is 5.69 Å². The van der Waals surface area contributed by atoms with Crippen molar-refractivity contribution < 1.29 is 13.2 Å². The van der Waals surface area contributed by atoms with E-state index in [0.29, 0.717) is 25.2 Å². The molecule has 0 aliphatic carbocycles. The van der Waals surface area contributed by atoms with Gasteiger partial charge in [-0.05, 0) is 37.5 Å². The molecule has 0 bridgehead atoms. The molecular weight excluding hydrogens is 336 g/mol. The highest BCUT2D eigenvalue weighted by Gasteiger charge is 2.29. The van der Waals surface area contributed by atoms with E-state index in [0.717, 1.165) is 32.1 Å². The molecular formula is C16H23ClN2O3S. The number of benzene rings is 1. The molecule has 0 radical (unpaired) electrons. The Bertz CT molecular complexity index is 655. The second kappa shape index (κ2) is 8.13. The van der Waals surface area contributed by atoms with Crippen LogP contribution in [0.3, 0.4) is 0 Å². The van der Waals surface area contributed by atoms with E-state index in [1.54, 1.807) is 6.07 Å². The molecule has 0 saturated carbocycles. The summed E-state index contributed by atoms with van der Waals surface area (Å²) >= 11 is 6.08. The summed E-state index contributed by atoms with van der Waals surface area (Å²) in [6.45, 7) is 3.12. The van der Waals surface area contributed by atoms with E-state index < -0.39 is 10.0 Å². The smallest absolute Gasteiger partial charge is 0.244 e. The first-order chi connectivity index (χ1) is 10.9. The minimum atomic E-state index is -3.60. The third-order valence-electron chi connectivity index (χ3n) is 3.91. The van der Waals surface area contributed by atoms with Crippen molar-refractivity contribution in [3.63, 3.8) is 0 Å². The zero-order valence-corrected chi connectivity index (χ0v) is 14.9. The molecule has 128 valence electrons. The molecule has 1 aromatic rings. The summed E-state index contributed by atoms with van der Waals surface area (Å²) in [6, 6.07) is 4.60. The summed E-state index contributed by atoms with van der Waals surface area (Å²) in [5, 5.41) is 2.93. The zero-order valence-electron chi connectivity index (χ0n) is 13.3. The van der Waals surface area contributed by atoms with Crippen molar-refractivity contribution in [2.45, 2.75) is 50.3 Å². The maximum Gasteiger partial charge on any atom is 0.244 e. The number of unbranched alkanes of at least 4 members (excludes halogenated alkanes) is 2. The number of nitrogens with zero attached hydrogens (tertiary/aromatic N) is 1. The Morgan fingerprint density at radius 3 is 2.61 bits per heavy atom. The molecule has 0 atom stereocenters. The van der Waals surface area contributed by atoms with E-state index >= 15 is 0 Å². The van der Waals surface area contributed by atoms with Crippen LogP contribution in [0, 0.1) is 0 Å². The molecule has 0 unspecified atom stereocenters. The van der Waals surface area contributed by atoms with Crippen molar-refractivity contribution in [3.05, 3.63) is 23.2 Å². The highest BCUT2D eigenvalue weighted by Crippen LogP contribution is 2.29. The first-order valence-electron chi connectivity index (χ1n) is 8.04. The Hall–Kier alpha value is -1.11. The molecule has 1 aromatic carbocycles. The van der Waals surface area contributed by atoms with Crippen molar-refractivity contribution in [1.29, 1.82) is 0 Å². The summed E-state index contributed by atoms with van der Waals surface area (Å²) in [6.07, 6.45) is 5.05. The molecule has 1 amide bonds. The second-order valence-corrected chi connectivity index (χ2v) is 8.08. The molecule has 1 heterocycles. The summed E-state index contributed by atoms with van der Waals surface area (Å²) < 4.78 is 26.7. The monoisotopic (exact) mass is 358 g/mol. The predicted molar refractivity (Wildman–Crippen MR) is 92.2 cm³/mol. The average Bonchev–Trinajstić information content (AvgIpc) is 3.04. The lowest BCUT2D eigenvalue weighted by Crippen LogP contribution is -2.28. The van der Waals surface area contributed by atoms with Gasteiger partial charge in [-0.3, -0.25) is 4.79 Å². The summed E-state index contributed by atoms with van der Waals surface area (Å²) in [4.78, 5) is 11.9. The minimum Gasteiger partial charge on any atom is -0.326 e. The van der Waals surface area contributed by atoms with Gasteiger partial charge >= 0.3 is 0 Å². The summed E-state index contributed by atoms with van der Waals surface area (Å²) in [7, 11) is -3.60. The standard InChI is InChI=1S/C16H23ClN2O3S/c1-2-3-4-7-16(20)18-13-8-9-14(17)15(12-13)23(21,22)19-10-5-6-11-19/h8-9,12H,2-7,10-11H2,1H3,(H,18,20). The van der Waals surface area contributed by atoms with E-state index in [1.165, 1.54) is 16.4 Å². The van der Waals surface area contributed by atoms with Crippen molar-refractivity contribution >= 4 is 33.2 Å². The molecule has 0 spiro atoms. The third-order valence-corrected chi connectivity index (χ3v) is 6.29.